The fourth-order valence-corrected chi connectivity index (χ4v) is 0.894. The zero-order valence-corrected chi connectivity index (χ0v) is 8.89. The van der Waals surface area contributed by atoms with Crippen molar-refractivity contribution in [2.24, 2.45) is 0 Å². The number of halogens is 1. The molecule has 0 atom stereocenters. The van der Waals surface area contributed by atoms with E-state index in [1.165, 1.54) is 6.08 Å². The summed E-state index contributed by atoms with van der Waals surface area (Å²) in [7, 11) is 0. The highest BCUT2D eigenvalue weighted by atomic mass is 19.1. The molecular formula is C12H16FN. The van der Waals surface area contributed by atoms with E-state index in [9.17, 15) is 4.39 Å². The summed E-state index contributed by atoms with van der Waals surface area (Å²) in [5, 5.41) is 7.67. The number of allylic oxidation sites excluding steroid dienone is 7. The summed E-state index contributed by atoms with van der Waals surface area (Å²) in [6.07, 6.45) is 6.30. The van der Waals surface area contributed by atoms with Crippen molar-refractivity contribution in [2.45, 2.75) is 20.8 Å². The molecular weight excluding hydrogens is 177 g/mol. The molecule has 1 nitrogen and oxygen atoms in total. The summed E-state index contributed by atoms with van der Waals surface area (Å²) in [5.74, 6) is -0.505. The molecule has 0 aromatic rings. The Kier molecular flexibility index (Phi) is 5.46. The molecule has 0 aromatic heterocycles. The lowest BCUT2D eigenvalue weighted by atomic mass is 10.1. The zero-order valence-electron chi connectivity index (χ0n) is 8.89. The molecule has 0 aromatic carbocycles. The first-order valence-electron chi connectivity index (χ1n) is 4.40. The van der Waals surface area contributed by atoms with Gasteiger partial charge >= 0.3 is 0 Å². The van der Waals surface area contributed by atoms with Crippen LogP contribution in [0.1, 0.15) is 20.8 Å². The average Bonchev–Trinajstić information content (AvgIpc) is 2.03. The Morgan fingerprint density at radius 3 is 2.21 bits per heavy atom. The molecule has 1 N–H and O–H groups in total. The average molecular weight is 193 g/mol. The van der Waals surface area contributed by atoms with Crippen molar-refractivity contribution in [3.8, 4) is 0 Å². The van der Waals surface area contributed by atoms with Gasteiger partial charge in [-0.1, -0.05) is 24.3 Å². The van der Waals surface area contributed by atoms with Gasteiger partial charge in [-0.05, 0) is 38.5 Å². The molecule has 0 saturated carbocycles. The van der Waals surface area contributed by atoms with Gasteiger partial charge in [-0.15, -0.1) is 0 Å². The van der Waals surface area contributed by atoms with E-state index in [0.717, 1.165) is 5.57 Å². The molecule has 0 heterocycles. The maximum absolute atomic E-state index is 12.3. The van der Waals surface area contributed by atoms with Gasteiger partial charge in [0, 0.05) is 0 Å². The van der Waals surface area contributed by atoms with Crippen molar-refractivity contribution in [1.82, 2.24) is 0 Å². The van der Waals surface area contributed by atoms with Crippen LogP contribution in [0.5, 0.6) is 0 Å². The van der Waals surface area contributed by atoms with Crippen molar-refractivity contribution in [3.05, 3.63) is 47.9 Å². The molecule has 0 aliphatic heterocycles. The highest BCUT2D eigenvalue weighted by Crippen LogP contribution is 2.05. The van der Waals surface area contributed by atoms with Gasteiger partial charge in [0.15, 0.2) is 0 Å². The number of hydrogen-bond acceptors (Lipinski definition) is 1. The predicted molar refractivity (Wildman–Crippen MR) is 60.3 cm³/mol. The quantitative estimate of drug-likeness (QED) is 0.516. The standard InChI is InChI=1S/C12H16FN/c1-5-11(7-6-10(4)13)12(14)8-9(2)3/h5-8,14H,4H2,1-3H3/b7-6-,11-5+,14-12?. The zero-order chi connectivity index (χ0) is 11.1. The second-order valence-electron chi connectivity index (χ2n) is 3.16. The summed E-state index contributed by atoms with van der Waals surface area (Å²) in [6, 6.07) is 0. The van der Waals surface area contributed by atoms with E-state index < -0.39 is 5.83 Å². The van der Waals surface area contributed by atoms with Crippen molar-refractivity contribution < 1.29 is 4.39 Å². The van der Waals surface area contributed by atoms with E-state index in [-0.39, 0.29) is 0 Å². The highest BCUT2D eigenvalue weighted by Gasteiger charge is 1.96. The lowest BCUT2D eigenvalue weighted by Gasteiger charge is -1.99. The molecule has 0 bridgehead atoms. The maximum atomic E-state index is 12.3. The van der Waals surface area contributed by atoms with Crippen LogP contribution in [-0.4, -0.2) is 5.71 Å². The maximum Gasteiger partial charge on any atom is 0.116 e. The third kappa shape index (κ3) is 5.25. The van der Waals surface area contributed by atoms with Gasteiger partial charge in [0.2, 0.25) is 0 Å². The normalized spacial score (nSPS) is 11.6. The molecule has 0 saturated heterocycles. The SMILES string of the molecule is C=C(F)/C=C\C(=C/C)C(=N)C=C(C)C. The van der Waals surface area contributed by atoms with Crippen LogP contribution >= 0.6 is 0 Å². The molecule has 0 rings (SSSR count). The fourth-order valence-electron chi connectivity index (χ4n) is 0.894. The van der Waals surface area contributed by atoms with Crippen molar-refractivity contribution in [2.75, 3.05) is 0 Å². The van der Waals surface area contributed by atoms with Crippen LogP contribution in [0.25, 0.3) is 0 Å². The molecule has 0 unspecified atom stereocenters. The van der Waals surface area contributed by atoms with Gasteiger partial charge in [0.05, 0.1) is 5.71 Å². The van der Waals surface area contributed by atoms with Gasteiger partial charge in [-0.2, -0.15) is 0 Å². The fraction of sp³-hybridized carbons (Fsp3) is 0.250. The van der Waals surface area contributed by atoms with Crippen LogP contribution in [0.4, 0.5) is 4.39 Å². The molecule has 0 spiro atoms. The Morgan fingerprint density at radius 1 is 1.29 bits per heavy atom. The largest absolute Gasteiger partial charge is 0.300 e. The van der Waals surface area contributed by atoms with Gasteiger partial charge in [0.25, 0.3) is 0 Å². The Bertz CT molecular complexity index is 315. The molecule has 2 heteroatoms. The molecule has 0 aliphatic carbocycles. The first kappa shape index (κ1) is 12.6. The minimum atomic E-state index is -0.505. The molecule has 76 valence electrons. The van der Waals surface area contributed by atoms with E-state index in [4.69, 9.17) is 5.41 Å². The minimum Gasteiger partial charge on any atom is -0.300 e. The summed E-state index contributed by atoms with van der Waals surface area (Å²) in [6.45, 7) is 8.76. The lowest BCUT2D eigenvalue weighted by molar-refractivity contribution is 0.671. The monoisotopic (exact) mass is 193 g/mol. The van der Waals surface area contributed by atoms with Crippen LogP contribution in [0, 0.1) is 5.41 Å². The van der Waals surface area contributed by atoms with E-state index in [1.807, 2.05) is 20.8 Å². The molecule has 0 aliphatic rings. The second-order valence-corrected chi connectivity index (χ2v) is 3.16. The van der Waals surface area contributed by atoms with E-state index in [0.29, 0.717) is 11.3 Å². The molecule has 0 amide bonds. The van der Waals surface area contributed by atoms with Gasteiger partial charge in [-0.3, -0.25) is 0 Å². The Hall–Kier alpha value is -1.44. The minimum absolute atomic E-state index is 0.380. The van der Waals surface area contributed by atoms with Crippen LogP contribution in [0.15, 0.2) is 47.9 Å². The van der Waals surface area contributed by atoms with Crippen LogP contribution < -0.4 is 0 Å². The van der Waals surface area contributed by atoms with Crippen molar-refractivity contribution in [3.63, 3.8) is 0 Å². The third-order valence-corrected chi connectivity index (χ3v) is 1.50. The summed E-state index contributed by atoms with van der Waals surface area (Å²) >= 11 is 0. The molecule has 0 radical (unpaired) electrons. The predicted octanol–water partition coefficient (Wildman–Crippen LogP) is 3.96. The molecule has 0 fully saturated rings. The summed E-state index contributed by atoms with van der Waals surface area (Å²) < 4.78 is 12.3. The Balaban J connectivity index is 4.69. The van der Waals surface area contributed by atoms with E-state index in [2.05, 4.69) is 6.58 Å². The number of nitrogens with one attached hydrogen (secondary N) is 1. The van der Waals surface area contributed by atoms with E-state index in [1.54, 1.807) is 18.2 Å². The smallest absolute Gasteiger partial charge is 0.116 e. The lowest BCUT2D eigenvalue weighted by Crippen LogP contribution is -1.94. The van der Waals surface area contributed by atoms with Crippen LogP contribution in [-0.2, 0) is 0 Å². The number of rotatable bonds is 4. The topological polar surface area (TPSA) is 23.9 Å². The van der Waals surface area contributed by atoms with E-state index >= 15 is 0 Å². The van der Waals surface area contributed by atoms with Gasteiger partial charge in [-0.25, -0.2) is 4.39 Å². The Labute approximate surface area is 84.8 Å². The van der Waals surface area contributed by atoms with Crippen LogP contribution in [0.3, 0.4) is 0 Å². The van der Waals surface area contributed by atoms with Crippen molar-refractivity contribution in [1.29, 1.82) is 5.41 Å². The number of hydrogen-bond donors (Lipinski definition) is 1. The van der Waals surface area contributed by atoms with Gasteiger partial charge in [0.1, 0.15) is 5.83 Å². The second kappa shape index (κ2) is 6.08. The highest BCUT2D eigenvalue weighted by molar-refractivity contribution is 6.08. The first-order valence-corrected chi connectivity index (χ1v) is 4.40. The summed E-state index contributed by atoms with van der Waals surface area (Å²) in [4.78, 5) is 0. The van der Waals surface area contributed by atoms with Gasteiger partial charge < -0.3 is 5.41 Å². The Morgan fingerprint density at radius 2 is 1.86 bits per heavy atom. The third-order valence-electron chi connectivity index (χ3n) is 1.50. The molecule has 14 heavy (non-hydrogen) atoms. The van der Waals surface area contributed by atoms with Crippen LogP contribution in [0.2, 0.25) is 0 Å². The summed E-state index contributed by atoms with van der Waals surface area (Å²) in [5.41, 5.74) is 2.11. The first-order chi connectivity index (χ1) is 6.47. The van der Waals surface area contributed by atoms with Crippen molar-refractivity contribution >= 4 is 5.71 Å².